The quantitative estimate of drug-likeness (QED) is 0.643. The molecule has 1 aromatic carbocycles. The van der Waals surface area contributed by atoms with Gasteiger partial charge in [0.15, 0.2) is 0 Å². The van der Waals surface area contributed by atoms with Gasteiger partial charge in [-0.2, -0.15) is 5.10 Å². The minimum Gasteiger partial charge on any atom is -0.366 e. The third kappa shape index (κ3) is 2.93. The molecule has 22 heavy (non-hydrogen) atoms. The van der Waals surface area contributed by atoms with E-state index in [1.807, 2.05) is 24.3 Å². The minimum absolute atomic E-state index is 0.165. The molecule has 0 spiro atoms. The number of nitro groups is 1. The highest BCUT2D eigenvalue weighted by Crippen LogP contribution is 2.33. The van der Waals surface area contributed by atoms with E-state index in [0.29, 0.717) is 11.6 Å². The number of nitro benzene ring substituents is 1. The first kappa shape index (κ1) is 14.5. The van der Waals surface area contributed by atoms with Crippen molar-refractivity contribution in [3.05, 3.63) is 52.1 Å². The Labute approximate surface area is 127 Å². The Balaban J connectivity index is 1.74. The Bertz CT molecular complexity index is 701. The number of hydrogen-bond acceptors (Lipinski definition) is 4. The zero-order chi connectivity index (χ0) is 15.7. The van der Waals surface area contributed by atoms with Crippen LogP contribution in [0.1, 0.15) is 12.0 Å². The number of halogens is 1. The zero-order valence-electron chi connectivity index (χ0n) is 12.3. The van der Waals surface area contributed by atoms with Crippen LogP contribution in [0.5, 0.6) is 0 Å². The van der Waals surface area contributed by atoms with E-state index in [1.54, 1.807) is 4.68 Å². The molecule has 0 saturated carbocycles. The van der Waals surface area contributed by atoms with Crippen LogP contribution >= 0.6 is 0 Å². The monoisotopic (exact) mass is 304 g/mol. The summed E-state index contributed by atoms with van der Waals surface area (Å²) in [6, 6.07) is 3.76. The van der Waals surface area contributed by atoms with E-state index in [2.05, 4.69) is 5.10 Å². The van der Waals surface area contributed by atoms with Crippen molar-refractivity contribution in [3.63, 3.8) is 0 Å². The van der Waals surface area contributed by atoms with Gasteiger partial charge >= 0.3 is 0 Å². The maximum atomic E-state index is 13.2. The van der Waals surface area contributed by atoms with Gasteiger partial charge in [-0.15, -0.1) is 0 Å². The van der Waals surface area contributed by atoms with Gasteiger partial charge < -0.3 is 4.90 Å². The number of aromatic nitrogens is 2. The Morgan fingerprint density at radius 3 is 3.00 bits per heavy atom. The van der Waals surface area contributed by atoms with Crippen LogP contribution in [0, 0.1) is 21.8 Å². The number of rotatable bonds is 4. The normalized spacial score (nSPS) is 17.9. The van der Waals surface area contributed by atoms with Crippen molar-refractivity contribution in [3.8, 4) is 0 Å². The molecule has 0 aliphatic carbocycles. The van der Waals surface area contributed by atoms with Gasteiger partial charge in [0.2, 0.25) is 0 Å². The summed E-state index contributed by atoms with van der Waals surface area (Å²) in [6.07, 6.45) is 5.70. The van der Waals surface area contributed by atoms with Crippen molar-refractivity contribution < 1.29 is 9.31 Å². The molecule has 1 saturated heterocycles. The van der Waals surface area contributed by atoms with E-state index in [9.17, 15) is 14.5 Å². The molecule has 0 amide bonds. The lowest BCUT2D eigenvalue weighted by molar-refractivity contribution is -0.384. The van der Waals surface area contributed by atoms with Crippen molar-refractivity contribution in [2.24, 2.45) is 13.0 Å². The Morgan fingerprint density at radius 1 is 1.50 bits per heavy atom. The first-order chi connectivity index (χ1) is 10.5. The molecule has 1 aliphatic rings. The molecule has 1 aliphatic heterocycles. The van der Waals surface area contributed by atoms with Gasteiger partial charge in [-0.3, -0.25) is 14.8 Å². The second-order valence-corrected chi connectivity index (χ2v) is 5.72. The Kier molecular flexibility index (Phi) is 3.79. The minimum atomic E-state index is -0.582. The standard InChI is InChI=1S/C15H17FN4O2/c1-18-9-12(8-17-18)6-11-4-5-19(10-11)14-3-2-13(16)7-15(14)20(21)22/h2-3,7-9,11H,4-6,10H2,1H3. The molecule has 6 nitrogen and oxygen atoms in total. The van der Waals surface area contributed by atoms with E-state index in [0.717, 1.165) is 32.0 Å². The van der Waals surface area contributed by atoms with E-state index in [1.165, 1.54) is 17.7 Å². The van der Waals surface area contributed by atoms with Crippen molar-refractivity contribution in [1.82, 2.24) is 9.78 Å². The van der Waals surface area contributed by atoms with Gasteiger partial charge in [0.1, 0.15) is 11.5 Å². The average Bonchev–Trinajstić information content (AvgIpc) is 3.08. The predicted octanol–water partition coefficient (Wildman–Crippen LogP) is 2.54. The third-order valence-electron chi connectivity index (χ3n) is 4.04. The maximum absolute atomic E-state index is 13.2. The second kappa shape index (κ2) is 5.75. The highest BCUT2D eigenvalue weighted by atomic mass is 19.1. The molecular formula is C15H17FN4O2. The van der Waals surface area contributed by atoms with Crippen molar-refractivity contribution in [1.29, 1.82) is 0 Å². The van der Waals surface area contributed by atoms with Gasteiger partial charge in [0.25, 0.3) is 5.69 Å². The lowest BCUT2D eigenvalue weighted by Crippen LogP contribution is -2.21. The smallest absolute Gasteiger partial charge is 0.295 e. The highest BCUT2D eigenvalue weighted by Gasteiger charge is 2.28. The van der Waals surface area contributed by atoms with Crippen molar-refractivity contribution >= 4 is 11.4 Å². The lowest BCUT2D eigenvalue weighted by atomic mass is 10.0. The third-order valence-corrected chi connectivity index (χ3v) is 4.04. The Morgan fingerprint density at radius 2 is 2.32 bits per heavy atom. The van der Waals surface area contributed by atoms with E-state index in [4.69, 9.17) is 0 Å². The molecule has 2 aromatic rings. The zero-order valence-corrected chi connectivity index (χ0v) is 12.3. The van der Waals surface area contributed by atoms with Gasteiger partial charge in [-0.05, 0) is 36.5 Å². The summed E-state index contributed by atoms with van der Waals surface area (Å²) in [5.41, 5.74) is 1.50. The molecule has 7 heteroatoms. The molecule has 2 heterocycles. The fraction of sp³-hybridized carbons (Fsp3) is 0.400. The molecule has 1 aromatic heterocycles. The number of aryl methyl sites for hydroxylation is 1. The molecule has 1 atom stereocenters. The van der Waals surface area contributed by atoms with E-state index in [-0.39, 0.29) is 5.69 Å². The van der Waals surface area contributed by atoms with Crippen LogP contribution < -0.4 is 4.90 Å². The SMILES string of the molecule is Cn1cc(CC2CCN(c3ccc(F)cc3[N+](=O)[O-])C2)cn1. The summed E-state index contributed by atoms with van der Waals surface area (Å²) >= 11 is 0. The Hall–Kier alpha value is -2.44. The van der Waals surface area contributed by atoms with Crippen molar-refractivity contribution in [2.75, 3.05) is 18.0 Å². The first-order valence-electron chi connectivity index (χ1n) is 7.19. The van der Waals surface area contributed by atoms with Gasteiger partial charge in [0, 0.05) is 26.3 Å². The molecule has 116 valence electrons. The van der Waals surface area contributed by atoms with Crippen LogP contribution in [0.15, 0.2) is 30.6 Å². The van der Waals surface area contributed by atoms with Crippen LogP contribution in [0.2, 0.25) is 0 Å². The first-order valence-corrected chi connectivity index (χ1v) is 7.19. The molecule has 1 fully saturated rings. The van der Waals surface area contributed by atoms with Crippen LogP contribution in [-0.4, -0.2) is 27.8 Å². The molecular weight excluding hydrogens is 287 g/mol. The topological polar surface area (TPSA) is 64.2 Å². The van der Waals surface area contributed by atoms with Gasteiger partial charge in [-0.1, -0.05) is 0 Å². The van der Waals surface area contributed by atoms with Crippen LogP contribution in [0.4, 0.5) is 15.8 Å². The van der Waals surface area contributed by atoms with E-state index >= 15 is 0 Å². The molecule has 0 N–H and O–H groups in total. The number of nitrogens with zero attached hydrogens (tertiary/aromatic N) is 4. The highest BCUT2D eigenvalue weighted by molar-refractivity contribution is 5.63. The van der Waals surface area contributed by atoms with Crippen LogP contribution in [0.3, 0.4) is 0 Å². The molecule has 1 unspecified atom stereocenters. The summed E-state index contributed by atoms with van der Waals surface area (Å²) in [6.45, 7) is 1.48. The maximum Gasteiger partial charge on any atom is 0.295 e. The largest absolute Gasteiger partial charge is 0.366 e. The molecule has 0 radical (unpaired) electrons. The summed E-state index contributed by atoms with van der Waals surface area (Å²) in [4.78, 5) is 12.6. The van der Waals surface area contributed by atoms with Gasteiger partial charge in [0.05, 0.1) is 17.2 Å². The lowest BCUT2D eigenvalue weighted by Gasteiger charge is -2.18. The summed E-state index contributed by atoms with van der Waals surface area (Å²) < 4.78 is 15.0. The van der Waals surface area contributed by atoms with Crippen LogP contribution in [-0.2, 0) is 13.5 Å². The van der Waals surface area contributed by atoms with Crippen LogP contribution in [0.25, 0.3) is 0 Å². The summed E-state index contributed by atoms with van der Waals surface area (Å²) in [5.74, 6) is -0.157. The molecule has 0 bridgehead atoms. The summed E-state index contributed by atoms with van der Waals surface area (Å²) in [5, 5.41) is 15.3. The fourth-order valence-electron chi connectivity index (χ4n) is 3.04. The average molecular weight is 304 g/mol. The van der Waals surface area contributed by atoms with Gasteiger partial charge in [-0.25, -0.2) is 4.39 Å². The summed E-state index contributed by atoms with van der Waals surface area (Å²) in [7, 11) is 1.88. The number of hydrogen-bond donors (Lipinski definition) is 0. The van der Waals surface area contributed by atoms with E-state index < -0.39 is 10.7 Å². The number of anilines is 1. The predicted molar refractivity (Wildman–Crippen MR) is 80.3 cm³/mol. The number of benzene rings is 1. The molecule has 3 rings (SSSR count). The second-order valence-electron chi connectivity index (χ2n) is 5.72. The van der Waals surface area contributed by atoms with Crippen molar-refractivity contribution in [2.45, 2.75) is 12.8 Å². The fourth-order valence-corrected chi connectivity index (χ4v) is 3.04.